The normalized spacial score (nSPS) is 13.8. The number of carboxylic acid groups (broad SMARTS) is 1. The fourth-order valence-electron chi connectivity index (χ4n) is 6.54. The second kappa shape index (κ2) is 43.9. The van der Waals surface area contributed by atoms with Crippen molar-refractivity contribution in [1.29, 1.82) is 0 Å². The largest absolute Gasteiger partial charge is 0.477 e. The van der Waals surface area contributed by atoms with E-state index in [1.165, 1.54) is 38.5 Å². The summed E-state index contributed by atoms with van der Waals surface area (Å²) in [5.41, 5.74) is 0. The van der Waals surface area contributed by atoms with E-state index in [0.29, 0.717) is 19.3 Å². The SMILES string of the molecule is CC/C=C/C/C=C/C/C=C/C/C=C/C/C=C/CCCCCC(=O)OC(COCCC(C(=O)O)[N+](C)(C)C)COC(=O)CCCCCCCCCCC/C=C/C/C=C/C/C=C/CC. The van der Waals surface area contributed by atoms with Gasteiger partial charge in [0.1, 0.15) is 6.61 Å². The molecule has 0 bridgehead atoms. The maximum absolute atomic E-state index is 12.8. The first-order valence-corrected chi connectivity index (χ1v) is 24.3. The van der Waals surface area contributed by atoms with E-state index in [4.69, 9.17) is 14.2 Å². The van der Waals surface area contributed by atoms with Gasteiger partial charge in [0.25, 0.3) is 0 Å². The molecule has 2 unspecified atom stereocenters. The second-order valence-electron chi connectivity index (χ2n) is 17.0. The Hall–Kier alpha value is -3.75. The first-order valence-electron chi connectivity index (χ1n) is 24.3. The maximum atomic E-state index is 12.8. The number of carboxylic acids is 1. The number of ether oxygens (including phenoxy) is 3. The predicted molar refractivity (Wildman–Crippen MR) is 261 cm³/mol. The topological polar surface area (TPSA) is 99.1 Å². The summed E-state index contributed by atoms with van der Waals surface area (Å²) < 4.78 is 17.3. The van der Waals surface area contributed by atoms with Gasteiger partial charge >= 0.3 is 17.9 Å². The Balaban J connectivity index is 4.37. The van der Waals surface area contributed by atoms with Crippen LogP contribution in [0.25, 0.3) is 0 Å². The van der Waals surface area contributed by atoms with Crippen LogP contribution in [0.4, 0.5) is 0 Å². The Morgan fingerprint density at radius 3 is 1.27 bits per heavy atom. The van der Waals surface area contributed by atoms with Gasteiger partial charge in [-0.3, -0.25) is 9.59 Å². The Morgan fingerprint density at radius 2 is 0.855 bits per heavy atom. The monoisotopic (exact) mass is 865 g/mol. The number of aliphatic carboxylic acids is 1. The van der Waals surface area contributed by atoms with Crippen LogP contribution in [0.1, 0.15) is 174 Å². The zero-order valence-electron chi connectivity index (χ0n) is 40.0. The van der Waals surface area contributed by atoms with E-state index in [2.05, 4.69) is 111 Å². The van der Waals surface area contributed by atoms with Gasteiger partial charge in [-0.1, -0.05) is 162 Å². The van der Waals surface area contributed by atoms with Gasteiger partial charge in [-0.15, -0.1) is 0 Å². The van der Waals surface area contributed by atoms with Crippen molar-refractivity contribution in [3.63, 3.8) is 0 Å². The van der Waals surface area contributed by atoms with Crippen LogP contribution in [0.2, 0.25) is 0 Å². The fourth-order valence-corrected chi connectivity index (χ4v) is 6.54. The lowest BCUT2D eigenvalue weighted by Gasteiger charge is -2.31. The summed E-state index contributed by atoms with van der Waals surface area (Å²) >= 11 is 0. The molecule has 0 aromatic carbocycles. The predicted octanol–water partition coefficient (Wildman–Crippen LogP) is 13.9. The molecule has 0 amide bonds. The molecule has 0 rings (SSSR count). The molecule has 8 heteroatoms. The minimum atomic E-state index is -0.885. The first-order chi connectivity index (χ1) is 30.1. The zero-order valence-corrected chi connectivity index (χ0v) is 40.0. The van der Waals surface area contributed by atoms with Crippen LogP contribution >= 0.6 is 0 Å². The Morgan fingerprint density at radius 1 is 0.484 bits per heavy atom. The summed E-state index contributed by atoms with van der Waals surface area (Å²) in [6, 6.07) is -0.628. The highest BCUT2D eigenvalue weighted by Gasteiger charge is 2.31. The number of hydrogen-bond donors (Lipinski definition) is 1. The van der Waals surface area contributed by atoms with E-state index < -0.39 is 18.1 Å². The molecule has 0 spiro atoms. The van der Waals surface area contributed by atoms with E-state index in [9.17, 15) is 19.5 Å². The zero-order chi connectivity index (χ0) is 45.6. The molecule has 0 aliphatic heterocycles. The van der Waals surface area contributed by atoms with Crippen LogP contribution in [0.3, 0.4) is 0 Å². The molecule has 0 radical (unpaired) electrons. The van der Waals surface area contributed by atoms with Gasteiger partial charge in [0.15, 0.2) is 12.1 Å². The van der Waals surface area contributed by atoms with Crippen LogP contribution in [0.15, 0.2) is 97.2 Å². The van der Waals surface area contributed by atoms with E-state index in [0.717, 1.165) is 96.3 Å². The smallest absolute Gasteiger partial charge is 0.362 e. The van der Waals surface area contributed by atoms with Crippen LogP contribution in [0, 0.1) is 0 Å². The lowest BCUT2D eigenvalue weighted by Crippen LogP contribution is -2.50. The molecule has 0 aromatic heterocycles. The molecule has 1 N–H and O–H groups in total. The third-order valence-corrected chi connectivity index (χ3v) is 10.2. The summed E-state index contributed by atoms with van der Waals surface area (Å²) in [6.07, 6.45) is 58.8. The Labute approximate surface area is 379 Å². The number of carbonyl (C=O) groups excluding carboxylic acids is 2. The number of rotatable bonds is 42. The van der Waals surface area contributed by atoms with Crippen LogP contribution in [0.5, 0.6) is 0 Å². The van der Waals surface area contributed by atoms with Crippen molar-refractivity contribution >= 4 is 17.9 Å². The van der Waals surface area contributed by atoms with Gasteiger partial charge in [-0.05, 0) is 89.9 Å². The van der Waals surface area contributed by atoms with Crippen LogP contribution < -0.4 is 0 Å². The van der Waals surface area contributed by atoms with Gasteiger partial charge in [0.2, 0.25) is 0 Å². The van der Waals surface area contributed by atoms with Crippen LogP contribution in [-0.4, -0.2) is 80.6 Å². The van der Waals surface area contributed by atoms with E-state index in [1.54, 1.807) is 0 Å². The fraction of sp³-hybridized carbons (Fsp3) is 0.648. The van der Waals surface area contributed by atoms with Gasteiger partial charge in [-0.25, -0.2) is 4.79 Å². The van der Waals surface area contributed by atoms with Crippen molar-refractivity contribution in [2.24, 2.45) is 0 Å². The highest BCUT2D eigenvalue weighted by molar-refractivity contribution is 5.72. The van der Waals surface area contributed by atoms with Gasteiger partial charge < -0.3 is 23.8 Å². The third kappa shape index (κ3) is 41.6. The quantitative estimate of drug-likeness (QED) is 0.0282. The number of nitrogens with zero attached hydrogens (tertiary/aromatic N) is 1. The summed E-state index contributed by atoms with van der Waals surface area (Å²) in [7, 11) is 5.51. The average molecular weight is 865 g/mol. The van der Waals surface area contributed by atoms with Crippen molar-refractivity contribution in [2.75, 3.05) is 41.0 Å². The lowest BCUT2D eigenvalue weighted by molar-refractivity contribution is -0.887. The number of allylic oxidation sites excluding steroid dienone is 16. The van der Waals surface area contributed by atoms with Crippen molar-refractivity contribution in [3.8, 4) is 0 Å². The van der Waals surface area contributed by atoms with Crippen molar-refractivity contribution < 1.29 is 38.2 Å². The molecule has 0 saturated heterocycles. The molecular weight excluding hydrogens is 775 g/mol. The highest BCUT2D eigenvalue weighted by Crippen LogP contribution is 2.14. The number of carbonyl (C=O) groups is 3. The highest BCUT2D eigenvalue weighted by atomic mass is 16.6. The molecule has 0 aliphatic rings. The van der Waals surface area contributed by atoms with Gasteiger partial charge in [-0.2, -0.15) is 0 Å². The molecule has 0 fully saturated rings. The number of hydrogen-bond acceptors (Lipinski definition) is 6. The number of likely N-dealkylation sites (N-methyl/N-ethyl adjacent to an activating group) is 1. The molecule has 0 aliphatic carbocycles. The third-order valence-electron chi connectivity index (χ3n) is 10.2. The van der Waals surface area contributed by atoms with Crippen LogP contribution in [-0.2, 0) is 28.6 Å². The van der Waals surface area contributed by atoms with Crippen molar-refractivity contribution in [2.45, 2.75) is 187 Å². The molecule has 352 valence electrons. The second-order valence-corrected chi connectivity index (χ2v) is 17.0. The number of esters is 2. The van der Waals surface area contributed by atoms with Crippen molar-refractivity contribution in [1.82, 2.24) is 0 Å². The van der Waals surface area contributed by atoms with Gasteiger partial charge in [0, 0.05) is 19.3 Å². The van der Waals surface area contributed by atoms with E-state index in [-0.39, 0.29) is 42.7 Å². The molecular formula is C54H90NO7+. The summed E-state index contributed by atoms with van der Waals surface area (Å²) in [5, 5.41) is 9.64. The lowest BCUT2D eigenvalue weighted by atomic mass is 10.1. The van der Waals surface area contributed by atoms with E-state index in [1.807, 2.05) is 21.1 Å². The molecule has 8 nitrogen and oxygen atoms in total. The molecule has 0 saturated carbocycles. The Kier molecular flexibility index (Phi) is 41.2. The van der Waals surface area contributed by atoms with E-state index >= 15 is 0 Å². The maximum Gasteiger partial charge on any atom is 0.362 e. The summed E-state index contributed by atoms with van der Waals surface area (Å²) in [6.45, 7) is 4.46. The summed E-state index contributed by atoms with van der Waals surface area (Å²) in [5.74, 6) is -1.53. The number of unbranched alkanes of at least 4 members (excludes halogenated alkanes) is 12. The van der Waals surface area contributed by atoms with Gasteiger partial charge in [0.05, 0.1) is 34.4 Å². The summed E-state index contributed by atoms with van der Waals surface area (Å²) in [4.78, 5) is 37.1. The average Bonchev–Trinajstić information content (AvgIpc) is 3.23. The Bertz CT molecular complexity index is 1330. The molecule has 0 aromatic rings. The minimum Gasteiger partial charge on any atom is -0.477 e. The molecule has 0 heterocycles. The standard InChI is InChI=1S/C54H89NO7/c1-6-8-10-12-14-16-18-20-22-24-26-28-30-32-34-36-38-40-42-44-52(56)61-49-50(48-60-47-46-51(54(58)59)55(3,4)5)62-53(57)45-43-41-39-37-35-33-31-29-27-25-23-21-19-17-15-13-11-9-7-2/h8-11,14-17,20-23,27,29,33,35,50-51H,6-7,12-13,18-19,24-26,28,30-32,34,36-49H2,1-5H3/p+1/b10-8+,11-9+,16-14+,17-15+,22-20+,23-21+,29-27+,35-33+. The molecule has 2 atom stereocenters. The minimum absolute atomic E-state index is 0.0400. The van der Waals surface area contributed by atoms with Crippen molar-refractivity contribution in [3.05, 3.63) is 97.2 Å². The molecule has 62 heavy (non-hydrogen) atoms. The first kappa shape index (κ1) is 58.2. The number of quaternary nitrogens is 1.